The molecule has 0 spiro atoms. The second-order valence-electron chi connectivity index (χ2n) is 5.97. The Hall–Kier alpha value is -1.52. The monoisotopic (exact) mass is 307 g/mol. The molecular weight excluding hydrogens is 286 g/mol. The zero-order chi connectivity index (χ0) is 15.3. The van der Waals surface area contributed by atoms with E-state index in [1.54, 1.807) is 6.20 Å². The summed E-state index contributed by atoms with van der Waals surface area (Å²) in [5, 5.41) is 8.33. The van der Waals surface area contributed by atoms with Gasteiger partial charge in [-0.3, -0.25) is 4.68 Å². The molecule has 0 fully saturated rings. The number of benzene rings is 1. The smallest absolute Gasteiger partial charge is 0.123 e. The molecule has 0 aliphatic carbocycles. The van der Waals surface area contributed by atoms with Crippen molar-refractivity contribution in [2.24, 2.45) is 0 Å². The first-order valence-electron chi connectivity index (χ1n) is 7.08. The van der Waals surface area contributed by atoms with Crippen LogP contribution in [0.15, 0.2) is 36.7 Å². The van der Waals surface area contributed by atoms with E-state index in [1.807, 2.05) is 35.1 Å². The number of ether oxygens (including phenoxy) is 1. The molecule has 4 nitrogen and oxygen atoms in total. The van der Waals surface area contributed by atoms with Crippen LogP contribution in [0.4, 0.5) is 0 Å². The van der Waals surface area contributed by atoms with E-state index in [-0.39, 0.29) is 5.54 Å². The number of aromatic nitrogens is 2. The van der Waals surface area contributed by atoms with E-state index in [0.29, 0.717) is 6.61 Å². The van der Waals surface area contributed by atoms with Gasteiger partial charge in [0.05, 0.1) is 6.54 Å². The van der Waals surface area contributed by atoms with Gasteiger partial charge in [0.15, 0.2) is 0 Å². The molecule has 5 heteroatoms. The van der Waals surface area contributed by atoms with Crippen molar-refractivity contribution < 1.29 is 4.74 Å². The third-order valence-electron chi connectivity index (χ3n) is 2.97. The SMILES string of the molecule is CC(C)(C)NCc1cc(Cl)ccc1OCCn1cccn1. The molecule has 0 amide bonds. The number of nitrogens with zero attached hydrogens (tertiary/aromatic N) is 2. The highest BCUT2D eigenvalue weighted by atomic mass is 35.5. The van der Waals surface area contributed by atoms with Gasteiger partial charge in [0.25, 0.3) is 0 Å². The lowest BCUT2D eigenvalue weighted by atomic mass is 10.1. The molecule has 0 bridgehead atoms. The molecule has 0 radical (unpaired) electrons. The maximum Gasteiger partial charge on any atom is 0.123 e. The molecule has 0 aliphatic heterocycles. The Kier molecular flexibility index (Phi) is 5.26. The topological polar surface area (TPSA) is 39.1 Å². The molecule has 0 unspecified atom stereocenters. The number of rotatable bonds is 6. The Balaban J connectivity index is 1.97. The van der Waals surface area contributed by atoms with Crippen molar-refractivity contribution >= 4 is 11.6 Å². The molecule has 0 aliphatic rings. The Bertz CT molecular complexity index is 561. The van der Waals surface area contributed by atoms with Crippen LogP contribution in [0.5, 0.6) is 5.75 Å². The van der Waals surface area contributed by atoms with E-state index in [2.05, 4.69) is 31.2 Å². The van der Waals surface area contributed by atoms with Crippen molar-refractivity contribution in [2.75, 3.05) is 6.61 Å². The predicted octanol–water partition coefficient (Wildman–Crippen LogP) is 3.50. The predicted molar refractivity (Wildman–Crippen MR) is 85.8 cm³/mol. The summed E-state index contributed by atoms with van der Waals surface area (Å²) in [6, 6.07) is 7.63. The van der Waals surface area contributed by atoms with Crippen molar-refractivity contribution in [3.8, 4) is 5.75 Å². The van der Waals surface area contributed by atoms with Crippen molar-refractivity contribution in [3.05, 3.63) is 47.2 Å². The molecule has 0 atom stereocenters. The molecule has 0 saturated carbocycles. The van der Waals surface area contributed by atoms with Crippen LogP contribution in [0.25, 0.3) is 0 Å². The highest BCUT2D eigenvalue weighted by Crippen LogP contribution is 2.23. The van der Waals surface area contributed by atoms with E-state index in [0.717, 1.165) is 29.4 Å². The summed E-state index contributed by atoms with van der Waals surface area (Å²) in [5.74, 6) is 0.864. The van der Waals surface area contributed by atoms with Gasteiger partial charge in [-0.25, -0.2) is 0 Å². The Morgan fingerprint density at radius 1 is 1.33 bits per heavy atom. The van der Waals surface area contributed by atoms with Crippen molar-refractivity contribution in [1.82, 2.24) is 15.1 Å². The Labute approximate surface area is 131 Å². The van der Waals surface area contributed by atoms with Gasteiger partial charge in [0.2, 0.25) is 0 Å². The lowest BCUT2D eigenvalue weighted by Gasteiger charge is -2.22. The van der Waals surface area contributed by atoms with E-state index in [1.165, 1.54) is 0 Å². The third kappa shape index (κ3) is 5.40. The zero-order valence-corrected chi connectivity index (χ0v) is 13.5. The minimum absolute atomic E-state index is 0.0502. The Morgan fingerprint density at radius 2 is 2.14 bits per heavy atom. The van der Waals surface area contributed by atoms with Gasteiger partial charge in [-0.2, -0.15) is 5.10 Å². The maximum absolute atomic E-state index is 6.08. The highest BCUT2D eigenvalue weighted by Gasteiger charge is 2.11. The molecule has 21 heavy (non-hydrogen) atoms. The number of hydrogen-bond donors (Lipinski definition) is 1. The minimum atomic E-state index is 0.0502. The summed E-state index contributed by atoms with van der Waals surface area (Å²) < 4.78 is 7.72. The summed E-state index contributed by atoms with van der Waals surface area (Å²) in [5.41, 5.74) is 1.12. The quantitative estimate of drug-likeness (QED) is 0.887. The molecule has 1 heterocycles. The largest absolute Gasteiger partial charge is 0.491 e. The fourth-order valence-corrected chi connectivity index (χ4v) is 2.06. The van der Waals surface area contributed by atoms with Crippen LogP contribution in [0.1, 0.15) is 26.3 Å². The summed E-state index contributed by atoms with van der Waals surface area (Å²) >= 11 is 6.08. The average molecular weight is 308 g/mol. The number of nitrogens with one attached hydrogen (secondary N) is 1. The first kappa shape index (κ1) is 15.9. The van der Waals surface area contributed by atoms with Crippen LogP contribution in [-0.4, -0.2) is 21.9 Å². The fourth-order valence-electron chi connectivity index (χ4n) is 1.87. The summed E-state index contributed by atoms with van der Waals surface area (Å²) in [4.78, 5) is 0. The van der Waals surface area contributed by atoms with Gasteiger partial charge in [-0.1, -0.05) is 11.6 Å². The molecule has 1 aromatic heterocycles. The van der Waals surface area contributed by atoms with Crippen LogP contribution in [0, 0.1) is 0 Å². The summed E-state index contributed by atoms with van der Waals surface area (Å²) in [6.07, 6.45) is 3.69. The molecule has 1 N–H and O–H groups in total. The van der Waals surface area contributed by atoms with E-state index >= 15 is 0 Å². The summed E-state index contributed by atoms with van der Waals surface area (Å²) in [7, 11) is 0. The molecule has 114 valence electrons. The molecule has 2 aromatic rings. The van der Waals surface area contributed by atoms with Gasteiger partial charge >= 0.3 is 0 Å². The zero-order valence-electron chi connectivity index (χ0n) is 12.8. The van der Waals surface area contributed by atoms with Gasteiger partial charge in [-0.05, 0) is 45.0 Å². The normalized spacial score (nSPS) is 11.6. The van der Waals surface area contributed by atoms with Crippen molar-refractivity contribution in [2.45, 2.75) is 39.4 Å². The molecular formula is C16H22ClN3O. The van der Waals surface area contributed by atoms with E-state index in [9.17, 15) is 0 Å². The minimum Gasteiger partial charge on any atom is -0.491 e. The lowest BCUT2D eigenvalue weighted by molar-refractivity contribution is 0.286. The Morgan fingerprint density at radius 3 is 2.81 bits per heavy atom. The first-order valence-corrected chi connectivity index (χ1v) is 7.45. The third-order valence-corrected chi connectivity index (χ3v) is 3.20. The molecule has 1 aromatic carbocycles. The van der Waals surface area contributed by atoms with Crippen LogP contribution in [0.3, 0.4) is 0 Å². The van der Waals surface area contributed by atoms with E-state index in [4.69, 9.17) is 16.3 Å². The summed E-state index contributed by atoms with van der Waals surface area (Å²) in [6.45, 7) is 8.43. The number of halogens is 1. The van der Waals surface area contributed by atoms with Crippen LogP contribution >= 0.6 is 11.6 Å². The van der Waals surface area contributed by atoms with Crippen LogP contribution in [0.2, 0.25) is 5.02 Å². The van der Waals surface area contributed by atoms with Crippen molar-refractivity contribution in [3.63, 3.8) is 0 Å². The van der Waals surface area contributed by atoms with Gasteiger partial charge in [0, 0.05) is 35.1 Å². The highest BCUT2D eigenvalue weighted by molar-refractivity contribution is 6.30. The standard InChI is InChI=1S/C16H22ClN3O/c1-16(2,3)18-12-13-11-14(17)5-6-15(13)21-10-9-20-8-4-7-19-20/h4-8,11,18H,9-10,12H2,1-3H3. The van der Waals surface area contributed by atoms with E-state index < -0.39 is 0 Å². The van der Waals surface area contributed by atoms with Crippen molar-refractivity contribution in [1.29, 1.82) is 0 Å². The lowest BCUT2D eigenvalue weighted by Crippen LogP contribution is -2.35. The van der Waals surface area contributed by atoms with Gasteiger partial charge in [-0.15, -0.1) is 0 Å². The second-order valence-corrected chi connectivity index (χ2v) is 6.41. The van der Waals surface area contributed by atoms with Gasteiger partial charge < -0.3 is 10.1 Å². The molecule has 0 saturated heterocycles. The maximum atomic E-state index is 6.08. The molecule has 2 rings (SSSR count). The van der Waals surface area contributed by atoms with Gasteiger partial charge in [0.1, 0.15) is 12.4 Å². The fraction of sp³-hybridized carbons (Fsp3) is 0.438. The average Bonchev–Trinajstić information content (AvgIpc) is 2.91. The van der Waals surface area contributed by atoms with Crippen LogP contribution < -0.4 is 10.1 Å². The number of hydrogen-bond acceptors (Lipinski definition) is 3. The van der Waals surface area contributed by atoms with Crippen LogP contribution in [-0.2, 0) is 13.1 Å². The first-order chi connectivity index (χ1) is 9.94. The second kappa shape index (κ2) is 6.96.